The molecule has 0 aromatic rings. The second-order valence-electron chi connectivity index (χ2n) is 7.98. The van der Waals surface area contributed by atoms with Gasteiger partial charge in [0.25, 0.3) is 0 Å². The van der Waals surface area contributed by atoms with Gasteiger partial charge in [-0.1, -0.05) is 19.8 Å². The van der Waals surface area contributed by atoms with Gasteiger partial charge in [0, 0.05) is 4.24 Å². The Morgan fingerprint density at radius 2 is 1.55 bits per heavy atom. The summed E-state index contributed by atoms with van der Waals surface area (Å²) in [6.45, 7) is 2.45. The largest absolute Gasteiger partial charge is 0.119 e. The topological polar surface area (TPSA) is 0 Å². The summed E-state index contributed by atoms with van der Waals surface area (Å²) < 4.78 is 1.73. The Morgan fingerprint density at radius 1 is 0.900 bits per heavy atom. The summed E-state index contributed by atoms with van der Waals surface area (Å²) in [5, 5.41) is 0. The van der Waals surface area contributed by atoms with Crippen LogP contribution in [0.25, 0.3) is 0 Å². The number of rotatable bonds is 1. The molecular formula is C18H28S2. The van der Waals surface area contributed by atoms with Gasteiger partial charge in [-0.25, -0.2) is 0 Å². The summed E-state index contributed by atoms with van der Waals surface area (Å²) in [5.41, 5.74) is 2.64. The monoisotopic (exact) mass is 308 g/mol. The standard InChI is InChI=1S/C18H28S2/c1-13-3-5-14(6-4-13)15-9-18(10-15)11-16(12-18)17-19-7-2-8-20-17/h13-15H,2-12H2,1H3. The van der Waals surface area contributed by atoms with Crippen LogP contribution in [0.15, 0.2) is 9.81 Å². The molecule has 0 N–H and O–H groups in total. The zero-order chi connectivity index (χ0) is 13.6. The molecule has 0 amide bonds. The summed E-state index contributed by atoms with van der Waals surface area (Å²) in [6.07, 6.45) is 13.6. The van der Waals surface area contributed by atoms with E-state index in [1.807, 2.05) is 5.57 Å². The van der Waals surface area contributed by atoms with Crippen LogP contribution in [0, 0.1) is 23.2 Å². The third-order valence-electron chi connectivity index (χ3n) is 6.34. The van der Waals surface area contributed by atoms with E-state index in [0.717, 1.165) is 23.2 Å². The smallest absolute Gasteiger partial charge is 0.0393 e. The Kier molecular flexibility index (Phi) is 3.92. The average molecular weight is 309 g/mol. The maximum absolute atomic E-state index is 2.45. The molecule has 0 bridgehead atoms. The zero-order valence-corrected chi connectivity index (χ0v) is 14.5. The van der Waals surface area contributed by atoms with E-state index in [0.29, 0.717) is 0 Å². The molecule has 0 aromatic heterocycles. The number of allylic oxidation sites excluding steroid dienone is 1. The minimum Gasteiger partial charge on any atom is -0.119 e. The Balaban J connectivity index is 1.28. The Morgan fingerprint density at radius 3 is 2.20 bits per heavy atom. The summed E-state index contributed by atoms with van der Waals surface area (Å²) >= 11 is 4.31. The second kappa shape index (κ2) is 5.57. The first-order chi connectivity index (χ1) is 9.74. The molecule has 4 rings (SSSR count). The molecule has 1 heterocycles. The molecule has 20 heavy (non-hydrogen) atoms. The summed E-state index contributed by atoms with van der Waals surface area (Å²) in [6, 6.07) is 0. The van der Waals surface area contributed by atoms with Crippen molar-refractivity contribution in [3.63, 3.8) is 0 Å². The SMILES string of the molecule is CC1CCC(C2CC3(CC(=C4SCCCS4)C3)C2)CC1. The van der Waals surface area contributed by atoms with Gasteiger partial charge in [0.05, 0.1) is 0 Å². The van der Waals surface area contributed by atoms with Crippen LogP contribution >= 0.6 is 23.5 Å². The molecule has 1 saturated heterocycles. The van der Waals surface area contributed by atoms with Crippen molar-refractivity contribution in [2.75, 3.05) is 11.5 Å². The molecule has 0 unspecified atom stereocenters. The van der Waals surface area contributed by atoms with E-state index in [4.69, 9.17) is 0 Å². The molecule has 3 aliphatic carbocycles. The predicted molar refractivity (Wildman–Crippen MR) is 92.1 cm³/mol. The lowest BCUT2D eigenvalue weighted by Crippen LogP contribution is -2.47. The van der Waals surface area contributed by atoms with Gasteiger partial charge in [-0.3, -0.25) is 0 Å². The predicted octanol–water partition coefficient (Wildman–Crippen LogP) is 6.08. The van der Waals surface area contributed by atoms with Gasteiger partial charge < -0.3 is 0 Å². The molecule has 1 aliphatic heterocycles. The normalized spacial score (nSPS) is 45.1. The Labute approximate surface area is 132 Å². The lowest BCUT2D eigenvalue weighted by Gasteiger charge is -2.58. The highest BCUT2D eigenvalue weighted by Gasteiger charge is 2.53. The van der Waals surface area contributed by atoms with Gasteiger partial charge in [-0.2, -0.15) is 0 Å². The van der Waals surface area contributed by atoms with Gasteiger partial charge in [-0.15, -0.1) is 23.5 Å². The molecule has 4 aliphatic rings. The van der Waals surface area contributed by atoms with Crippen molar-refractivity contribution in [2.24, 2.45) is 23.2 Å². The fourth-order valence-corrected chi connectivity index (χ4v) is 7.73. The van der Waals surface area contributed by atoms with Crippen molar-refractivity contribution in [1.29, 1.82) is 0 Å². The zero-order valence-electron chi connectivity index (χ0n) is 12.8. The Bertz CT molecular complexity index is 380. The Hall–Kier alpha value is 0.440. The van der Waals surface area contributed by atoms with E-state index >= 15 is 0 Å². The van der Waals surface area contributed by atoms with Crippen LogP contribution in [0.3, 0.4) is 0 Å². The van der Waals surface area contributed by atoms with Gasteiger partial charge in [0.2, 0.25) is 0 Å². The van der Waals surface area contributed by atoms with Crippen LogP contribution in [0.2, 0.25) is 0 Å². The first-order valence-corrected chi connectivity index (χ1v) is 10.7. The minimum absolute atomic E-state index is 0.800. The first kappa shape index (κ1) is 14.1. The number of thioether (sulfide) groups is 2. The fraction of sp³-hybridized carbons (Fsp3) is 0.889. The summed E-state index contributed by atoms with van der Waals surface area (Å²) in [5.74, 6) is 5.98. The van der Waals surface area contributed by atoms with Crippen LogP contribution in [-0.4, -0.2) is 11.5 Å². The molecule has 2 heteroatoms. The molecular weight excluding hydrogens is 280 g/mol. The summed E-state index contributed by atoms with van der Waals surface area (Å²) in [4.78, 5) is 0. The highest BCUT2D eigenvalue weighted by molar-refractivity contribution is 8.22. The van der Waals surface area contributed by atoms with Crippen molar-refractivity contribution in [2.45, 2.75) is 64.7 Å². The summed E-state index contributed by atoms with van der Waals surface area (Å²) in [7, 11) is 0. The van der Waals surface area contributed by atoms with Crippen LogP contribution in [0.4, 0.5) is 0 Å². The number of hydrogen-bond donors (Lipinski definition) is 0. The van der Waals surface area contributed by atoms with Crippen LogP contribution in [0.1, 0.15) is 64.7 Å². The van der Waals surface area contributed by atoms with Gasteiger partial charge in [-0.05, 0) is 85.2 Å². The van der Waals surface area contributed by atoms with Gasteiger partial charge >= 0.3 is 0 Å². The fourth-order valence-electron chi connectivity index (χ4n) is 5.06. The van der Waals surface area contributed by atoms with Crippen LogP contribution < -0.4 is 0 Å². The quantitative estimate of drug-likeness (QED) is 0.575. The molecule has 1 spiro atoms. The maximum Gasteiger partial charge on any atom is 0.0393 e. The minimum atomic E-state index is 0.800. The van der Waals surface area contributed by atoms with Gasteiger partial charge in [0.1, 0.15) is 0 Å². The molecule has 0 radical (unpaired) electrons. The highest BCUT2D eigenvalue weighted by atomic mass is 32.2. The van der Waals surface area contributed by atoms with E-state index in [2.05, 4.69) is 30.4 Å². The van der Waals surface area contributed by atoms with E-state index in [1.165, 1.54) is 43.6 Å². The second-order valence-corrected chi connectivity index (χ2v) is 10.5. The molecule has 112 valence electrons. The third kappa shape index (κ3) is 2.60. The van der Waals surface area contributed by atoms with E-state index in [9.17, 15) is 0 Å². The molecule has 0 nitrogen and oxygen atoms in total. The van der Waals surface area contributed by atoms with Crippen molar-refractivity contribution in [3.8, 4) is 0 Å². The van der Waals surface area contributed by atoms with E-state index in [-0.39, 0.29) is 0 Å². The molecule has 4 fully saturated rings. The molecule has 3 saturated carbocycles. The lowest BCUT2D eigenvalue weighted by atomic mass is 9.47. The third-order valence-corrected chi connectivity index (χ3v) is 9.13. The van der Waals surface area contributed by atoms with Crippen molar-refractivity contribution < 1.29 is 0 Å². The van der Waals surface area contributed by atoms with E-state index < -0.39 is 0 Å². The number of hydrogen-bond acceptors (Lipinski definition) is 2. The van der Waals surface area contributed by atoms with Crippen molar-refractivity contribution >= 4 is 23.5 Å². The first-order valence-electron chi connectivity index (χ1n) is 8.72. The maximum atomic E-state index is 2.45. The van der Waals surface area contributed by atoms with Crippen LogP contribution in [-0.2, 0) is 0 Å². The van der Waals surface area contributed by atoms with Crippen molar-refractivity contribution in [3.05, 3.63) is 9.81 Å². The molecule has 0 aromatic carbocycles. The highest BCUT2D eigenvalue weighted by Crippen LogP contribution is 2.65. The van der Waals surface area contributed by atoms with E-state index in [1.54, 1.807) is 29.9 Å². The van der Waals surface area contributed by atoms with Crippen molar-refractivity contribution in [1.82, 2.24) is 0 Å². The molecule has 0 atom stereocenters. The average Bonchev–Trinajstić information content (AvgIpc) is 2.39. The van der Waals surface area contributed by atoms with Crippen LogP contribution in [0.5, 0.6) is 0 Å². The van der Waals surface area contributed by atoms with Gasteiger partial charge in [0.15, 0.2) is 0 Å². The lowest BCUT2D eigenvalue weighted by molar-refractivity contribution is -0.0292.